The van der Waals surface area contributed by atoms with Gasteiger partial charge in [0, 0.05) is 51.4 Å². The second-order valence-electron chi connectivity index (χ2n) is 7.33. The highest BCUT2D eigenvalue weighted by Crippen LogP contribution is 2.19. The zero-order valence-corrected chi connectivity index (χ0v) is 16.8. The highest BCUT2D eigenvalue weighted by molar-refractivity contribution is 5.89. The molecule has 1 aromatic carbocycles. The molecule has 1 atom stereocenters. The van der Waals surface area contributed by atoms with Crippen LogP contribution in [0.1, 0.15) is 12.0 Å². The molecular weight excluding hydrogens is 356 g/mol. The van der Waals surface area contributed by atoms with Crippen molar-refractivity contribution in [2.24, 2.45) is 0 Å². The fraction of sp³-hybridized carbons (Fsp3) is 0.524. The number of carbonyl (C=O) groups excluding carboxylic acids is 2. The number of likely N-dealkylation sites (N-methyl/N-ethyl adjacent to an activating group) is 1. The van der Waals surface area contributed by atoms with E-state index in [-0.39, 0.29) is 18.2 Å². The van der Waals surface area contributed by atoms with Gasteiger partial charge in [-0.1, -0.05) is 30.4 Å². The summed E-state index contributed by atoms with van der Waals surface area (Å²) >= 11 is 0. The second-order valence-corrected chi connectivity index (χ2v) is 7.33. The van der Waals surface area contributed by atoms with Crippen LogP contribution in [0.25, 0.3) is 6.08 Å². The van der Waals surface area contributed by atoms with Gasteiger partial charge in [0.15, 0.2) is 0 Å². The van der Waals surface area contributed by atoms with Crippen molar-refractivity contribution in [2.75, 3.05) is 60.0 Å². The van der Waals surface area contributed by atoms with Gasteiger partial charge in [-0.2, -0.15) is 0 Å². The topological polar surface area (TPSA) is 65.1 Å². The van der Waals surface area contributed by atoms with Crippen LogP contribution in [0.2, 0.25) is 0 Å². The van der Waals surface area contributed by atoms with E-state index < -0.39 is 6.04 Å². The molecule has 1 N–H and O–H groups in total. The predicted octanol–water partition coefficient (Wildman–Crippen LogP) is 0.673. The van der Waals surface area contributed by atoms with Crippen molar-refractivity contribution in [3.63, 3.8) is 0 Å². The van der Waals surface area contributed by atoms with Crippen LogP contribution < -0.4 is 10.1 Å². The van der Waals surface area contributed by atoms with Crippen LogP contribution in [0.15, 0.2) is 30.3 Å². The molecule has 2 saturated heterocycles. The molecule has 1 aromatic rings. The normalized spacial score (nSPS) is 21.7. The summed E-state index contributed by atoms with van der Waals surface area (Å²) in [4.78, 5) is 31.3. The van der Waals surface area contributed by atoms with E-state index in [9.17, 15) is 9.59 Å². The number of benzene rings is 1. The van der Waals surface area contributed by atoms with Crippen molar-refractivity contribution in [1.29, 1.82) is 0 Å². The number of carbonyl (C=O) groups is 2. The quantitative estimate of drug-likeness (QED) is 0.779. The smallest absolute Gasteiger partial charge is 0.237 e. The average Bonchev–Trinajstić information content (AvgIpc) is 2.71. The Balaban J connectivity index is 1.61. The molecule has 0 spiro atoms. The first-order chi connectivity index (χ1) is 13.6. The summed E-state index contributed by atoms with van der Waals surface area (Å²) < 4.78 is 5.37. The lowest BCUT2D eigenvalue weighted by Crippen LogP contribution is -2.57. The fourth-order valence-electron chi connectivity index (χ4n) is 3.67. The SMILES string of the molecule is COc1ccccc1/C=C/CN1CCNC(=O)[C@@H]1CC(=O)N1CCN(C)CC1. The van der Waals surface area contributed by atoms with E-state index >= 15 is 0 Å². The highest BCUT2D eigenvalue weighted by Gasteiger charge is 2.32. The van der Waals surface area contributed by atoms with Crippen LogP contribution in [0.3, 0.4) is 0 Å². The number of ether oxygens (including phenoxy) is 1. The number of piperazine rings is 2. The zero-order valence-electron chi connectivity index (χ0n) is 16.8. The largest absolute Gasteiger partial charge is 0.496 e. The monoisotopic (exact) mass is 386 g/mol. The Bertz CT molecular complexity index is 713. The van der Waals surface area contributed by atoms with E-state index in [1.54, 1.807) is 7.11 Å². The first-order valence-corrected chi connectivity index (χ1v) is 9.86. The number of methoxy groups -OCH3 is 1. The Labute approximate surface area is 166 Å². The fourth-order valence-corrected chi connectivity index (χ4v) is 3.67. The Morgan fingerprint density at radius 1 is 1.21 bits per heavy atom. The Morgan fingerprint density at radius 3 is 2.71 bits per heavy atom. The van der Waals surface area contributed by atoms with Gasteiger partial charge in [-0.05, 0) is 13.1 Å². The molecule has 2 aliphatic rings. The molecular formula is C21H30N4O3. The van der Waals surface area contributed by atoms with E-state index in [0.29, 0.717) is 13.1 Å². The standard InChI is InChI=1S/C21H30N4O3/c1-23-12-14-25(15-13-23)20(26)16-18-21(27)22-9-11-24(18)10-5-7-17-6-3-4-8-19(17)28-2/h3-8,18H,9-16H2,1-2H3,(H,22,27)/b7-5+/t18-/m0/s1. The van der Waals surface area contributed by atoms with Crippen LogP contribution >= 0.6 is 0 Å². The van der Waals surface area contributed by atoms with E-state index in [1.807, 2.05) is 41.3 Å². The Hall–Kier alpha value is -2.38. The van der Waals surface area contributed by atoms with Gasteiger partial charge in [-0.3, -0.25) is 14.5 Å². The van der Waals surface area contributed by atoms with Gasteiger partial charge in [0.05, 0.1) is 19.6 Å². The van der Waals surface area contributed by atoms with Crippen molar-refractivity contribution in [2.45, 2.75) is 12.5 Å². The number of hydrogen-bond acceptors (Lipinski definition) is 5. The molecule has 2 fully saturated rings. The molecule has 0 saturated carbocycles. The molecule has 28 heavy (non-hydrogen) atoms. The van der Waals surface area contributed by atoms with Gasteiger partial charge < -0.3 is 19.9 Å². The lowest BCUT2D eigenvalue weighted by Gasteiger charge is -2.37. The lowest BCUT2D eigenvalue weighted by molar-refractivity contribution is -0.139. The van der Waals surface area contributed by atoms with Crippen LogP contribution in [0.5, 0.6) is 5.75 Å². The average molecular weight is 386 g/mol. The maximum atomic E-state index is 12.7. The number of rotatable bonds is 6. The van der Waals surface area contributed by atoms with Crippen LogP contribution in [0, 0.1) is 0 Å². The molecule has 2 aliphatic heterocycles. The summed E-state index contributed by atoms with van der Waals surface area (Å²) in [5.41, 5.74) is 0.997. The molecule has 0 radical (unpaired) electrons. The van der Waals surface area contributed by atoms with E-state index in [4.69, 9.17) is 4.74 Å². The number of amides is 2. The van der Waals surface area contributed by atoms with Gasteiger partial charge in [-0.25, -0.2) is 0 Å². The second kappa shape index (κ2) is 9.71. The van der Waals surface area contributed by atoms with Crippen LogP contribution in [-0.2, 0) is 9.59 Å². The maximum Gasteiger partial charge on any atom is 0.237 e. The molecule has 0 aliphatic carbocycles. The van der Waals surface area contributed by atoms with Crippen LogP contribution in [0.4, 0.5) is 0 Å². The van der Waals surface area contributed by atoms with Gasteiger partial charge in [0.25, 0.3) is 0 Å². The highest BCUT2D eigenvalue weighted by atomic mass is 16.5. The first kappa shape index (κ1) is 20.4. The maximum absolute atomic E-state index is 12.7. The van der Waals surface area contributed by atoms with Gasteiger partial charge in [0.2, 0.25) is 11.8 Å². The summed E-state index contributed by atoms with van der Waals surface area (Å²) in [5.74, 6) is 0.824. The summed E-state index contributed by atoms with van der Waals surface area (Å²) in [6.45, 7) is 5.20. The lowest BCUT2D eigenvalue weighted by atomic mass is 10.1. The van der Waals surface area contributed by atoms with Gasteiger partial charge in [-0.15, -0.1) is 0 Å². The molecule has 0 unspecified atom stereocenters. The molecule has 7 heteroatoms. The minimum Gasteiger partial charge on any atom is -0.496 e. The minimum atomic E-state index is -0.414. The van der Waals surface area contributed by atoms with Crippen molar-refractivity contribution >= 4 is 17.9 Å². The van der Waals surface area contributed by atoms with Crippen molar-refractivity contribution < 1.29 is 14.3 Å². The first-order valence-electron chi connectivity index (χ1n) is 9.86. The van der Waals surface area contributed by atoms with Gasteiger partial charge >= 0.3 is 0 Å². The molecule has 3 rings (SSSR count). The Kier molecular flexibility index (Phi) is 7.06. The Morgan fingerprint density at radius 2 is 1.96 bits per heavy atom. The zero-order chi connectivity index (χ0) is 19.9. The minimum absolute atomic E-state index is 0.0561. The van der Waals surface area contributed by atoms with E-state index in [1.165, 1.54) is 0 Å². The van der Waals surface area contributed by atoms with E-state index in [2.05, 4.69) is 22.2 Å². The third kappa shape index (κ3) is 5.11. The molecule has 152 valence electrons. The number of nitrogens with one attached hydrogen (secondary N) is 1. The van der Waals surface area contributed by atoms with E-state index in [0.717, 1.165) is 44.0 Å². The number of hydrogen-bond donors (Lipinski definition) is 1. The van der Waals surface area contributed by atoms with Crippen molar-refractivity contribution in [3.8, 4) is 5.75 Å². The molecule has 7 nitrogen and oxygen atoms in total. The number of para-hydroxylation sites is 1. The molecule has 0 bridgehead atoms. The van der Waals surface area contributed by atoms with Gasteiger partial charge in [0.1, 0.15) is 5.75 Å². The summed E-state index contributed by atoms with van der Waals surface area (Å²) in [6, 6.07) is 7.40. The third-order valence-electron chi connectivity index (χ3n) is 5.44. The molecule has 2 heterocycles. The third-order valence-corrected chi connectivity index (χ3v) is 5.44. The summed E-state index contributed by atoms with van der Waals surface area (Å²) in [7, 11) is 3.72. The van der Waals surface area contributed by atoms with Crippen molar-refractivity contribution in [1.82, 2.24) is 20.0 Å². The molecule has 0 aromatic heterocycles. The van der Waals surface area contributed by atoms with Crippen molar-refractivity contribution in [3.05, 3.63) is 35.9 Å². The summed E-state index contributed by atoms with van der Waals surface area (Å²) in [5, 5.41) is 2.90. The predicted molar refractivity (Wildman–Crippen MR) is 109 cm³/mol. The summed E-state index contributed by atoms with van der Waals surface area (Å²) in [6.07, 6.45) is 4.27. The van der Waals surface area contributed by atoms with Crippen LogP contribution in [-0.4, -0.2) is 92.5 Å². The molecule has 2 amide bonds. The number of nitrogens with zero attached hydrogens (tertiary/aromatic N) is 3.